The summed E-state index contributed by atoms with van der Waals surface area (Å²) in [5.74, 6) is -0.253. The summed E-state index contributed by atoms with van der Waals surface area (Å²) in [4.78, 5) is 28.7. The van der Waals surface area contributed by atoms with Crippen molar-refractivity contribution in [3.63, 3.8) is 0 Å². The Kier molecular flexibility index (Phi) is 5.81. The van der Waals surface area contributed by atoms with Gasteiger partial charge in [0.05, 0.1) is 15.6 Å². The maximum Gasteiger partial charge on any atom is 0.257 e. The van der Waals surface area contributed by atoms with Gasteiger partial charge in [0, 0.05) is 38.3 Å². The van der Waals surface area contributed by atoms with Crippen LogP contribution in [0.1, 0.15) is 26.3 Å². The lowest BCUT2D eigenvalue weighted by atomic mass is 10.1. The molecule has 1 fully saturated rings. The number of halogens is 2. The van der Waals surface area contributed by atoms with Crippen LogP contribution >= 0.6 is 23.2 Å². The number of benzene rings is 2. The number of carbonyl (C=O) groups excluding carboxylic acids is 2. The van der Waals surface area contributed by atoms with Gasteiger partial charge in [0.25, 0.3) is 11.8 Å². The number of nitrogens with zero attached hydrogens (tertiary/aromatic N) is 2. The van der Waals surface area contributed by atoms with Gasteiger partial charge in [0.2, 0.25) is 0 Å². The lowest BCUT2D eigenvalue weighted by molar-refractivity contribution is 0.0535. The summed E-state index contributed by atoms with van der Waals surface area (Å²) in [6, 6.07) is 12.3. The van der Waals surface area contributed by atoms with Gasteiger partial charge in [-0.2, -0.15) is 0 Å². The van der Waals surface area contributed by atoms with Crippen LogP contribution in [0.4, 0.5) is 0 Å². The summed E-state index contributed by atoms with van der Waals surface area (Å²) < 4.78 is 0. The lowest BCUT2D eigenvalue weighted by Gasteiger charge is -2.35. The molecule has 1 aliphatic rings. The Morgan fingerprint density at radius 1 is 0.846 bits per heavy atom. The third kappa shape index (κ3) is 3.85. The predicted octanol–water partition coefficient (Wildman–Crippen LogP) is 3.05. The number of amides is 2. The van der Waals surface area contributed by atoms with Crippen molar-refractivity contribution in [3.05, 3.63) is 69.2 Å². The topological polar surface area (TPSA) is 66.6 Å². The molecule has 1 heterocycles. The van der Waals surface area contributed by atoms with E-state index in [0.717, 1.165) is 5.56 Å². The molecule has 1 saturated heterocycles. The van der Waals surface area contributed by atoms with Gasteiger partial charge < -0.3 is 15.5 Å². The summed E-state index contributed by atoms with van der Waals surface area (Å²) in [5.41, 5.74) is 7.49. The lowest BCUT2D eigenvalue weighted by Crippen LogP contribution is -2.50. The highest BCUT2D eigenvalue weighted by molar-refractivity contribution is 6.39. The van der Waals surface area contributed by atoms with Gasteiger partial charge in [0.15, 0.2) is 0 Å². The smallest absolute Gasteiger partial charge is 0.257 e. The molecular weight excluding hydrogens is 373 g/mol. The van der Waals surface area contributed by atoms with E-state index in [9.17, 15) is 9.59 Å². The largest absolute Gasteiger partial charge is 0.335 e. The quantitative estimate of drug-likeness (QED) is 0.873. The molecule has 0 aliphatic carbocycles. The fourth-order valence-corrected chi connectivity index (χ4v) is 3.50. The molecule has 2 aromatic carbocycles. The Bertz CT molecular complexity index is 796. The van der Waals surface area contributed by atoms with Gasteiger partial charge in [-0.1, -0.05) is 41.4 Å². The highest BCUT2D eigenvalue weighted by Crippen LogP contribution is 2.26. The Morgan fingerprint density at radius 2 is 1.35 bits per heavy atom. The first-order valence-electron chi connectivity index (χ1n) is 8.33. The number of hydrogen-bond acceptors (Lipinski definition) is 3. The molecule has 0 unspecified atom stereocenters. The number of carbonyl (C=O) groups is 2. The van der Waals surface area contributed by atoms with Crippen molar-refractivity contribution in [3.8, 4) is 0 Å². The van der Waals surface area contributed by atoms with Crippen LogP contribution in [0.25, 0.3) is 0 Å². The fraction of sp³-hybridized carbons (Fsp3) is 0.263. The van der Waals surface area contributed by atoms with Crippen molar-refractivity contribution in [2.24, 2.45) is 5.73 Å². The van der Waals surface area contributed by atoms with Crippen LogP contribution in [0.3, 0.4) is 0 Å². The van der Waals surface area contributed by atoms with Crippen LogP contribution < -0.4 is 5.73 Å². The highest BCUT2D eigenvalue weighted by Gasteiger charge is 2.27. The second kappa shape index (κ2) is 8.08. The highest BCUT2D eigenvalue weighted by atomic mass is 35.5. The molecule has 0 radical (unpaired) electrons. The van der Waals surface area contributed by atoms with Gasteiger partial charge in [-0.15, -0.1) is 0 Å². The van der Waals surface area contributed by atoms with Gasteiger partial charge in [-0.05, 0) is 29.8 Å². The molecule has 2 N–H and O–H groups in total. The average molecular weight is 392 g/mol. The van der Waals surface area contributed by atoms with E-state index in [1.807, 2.05) is 12.1 Å². The standard InChI is InChI=1S/C19H19Cl2N3O2/c20-15-2-1-3-16(21)17(15)19(26)24-10-8-23(9-11-24)18(25)14-6-4-13(12-22)5-7-14/h1-7H,8-12,22H2. The SMILES string of the molecule is NCc1ccc(C(=O)N2CCN(C(=O)c3c(Cl)cccc3Cl)CC2)cc1. The molecule has 26 heavy (non-hydrogen) atoms. The van der Waals surface area contributed by atoms with E-state index in [2.05, 4.69) is 0 Å². The van der Waals surface area contributed by atoms with E-state index >= 15 is 0 Å². The van der Waals surface area contributed by atoms with E-state index in [1.54, 1.807) is 40.1 Å². The molecule has 0 atom stereocenters. The van der Waals surface area contributed by atoms with Crippen molar-refractivity contribution in [2.45, 2.75) is 6.54 Å². The minimum absolute atomic E-state index is 0.0450. The summed E-state index contributed by atoms with van der Waals surface area (Å²) in [5, 5.41) is 0.669. The van der Waals surface area contributed by atoms with Crippen LogP contribution in [-0.4, -0.2) is 47.8 Å². The minimum Gasteiger partial charge on any atom is -0.335 e. The Balaban J connectivity index is 1.65. The van der Waals surface area contributed by atoms with Crippen LogP contribution in [0.2, 0.25) is 10.0 Å². The van der Waals surface area contributed by atoms with Gasteiger partial charge >= 0.3 is 0 Å². The second-order valence-electron chi connectivity index (χ2n) is 6.08. The average Bonchev–Trinajstić information content (AvgIpc) is 2.67. The molecule has 5 nitrogen and oxygen atoms in total. The molecule has 136 valence electrons. The van der Waals surface area contributed by atoms with Gasteiger partial charge in [0.1, 0.15) is 0 Å². The van der Waals surface area contributed by atoms with E-state index < -0.39 is 0 Å². The first kappa shape index (κ1) is 18.7. The Hall–Kier alpha value is -2.08. The number of nitrogens with two attached hydrogens (primary N) is 1. The first-order valence-corrected chi connectivity index (χ1v) is 9.08. The van der Waals surface area contributed by atoms with Crippen LogP contribution in [0, 0.1) is 0 Å². The van der Waals surface area contributed by atoms with Crippen LogP contribution in [0.5, 0.6) is 0 Å². The van der Waals surface area contributed by atoms with Crippen molar-refractivity contribution < 1.29 is 9.59 Å². The molecule has 2 aromatic rings. The molecule has 0 aromatic heterocycles. The predicted molar refractivity (Wildman–Crippen MR) is 103 cm³/mol. The van der Waals surface area contributed by atoms with Crippen molar-refractivity contribution in [1.82, 2.24) is 9.80 Å². The molecule has 0 spiro atoms. The zero-order chi connectivity index (χ0) is 18.7. The third-order valence-electron chi connectivity index (χ3n) is 4.47. The zero-order valence-electron chi connectivity index (χ0n) is 14.1. The van der Waals surface area contributed by atoms with E-state index in [1.165, 1.54) is 0 Å². The maximum absolute atomic E-state index is 12.7. The number of hydrogen-bond donors (Lipinski definition) is 1. The Labute approximate surface area is 162 Å². The summed E-state index contributed by atoms with van der Waals surface area (Å²) in [7, 11) is 0. The first-order chi connectivity index (χ1) is 12.5. The van der Waals surface area contributed by atoms with E-state index in [0.29, 0.717) is 53.9 Å². The fourth-order valence-electron chi connectivity index (χ4n) is 2.94. The molecule has 0 saturated carbocycles. The molecule has 0 bridgehead atoms. The minimum atomic E-state index is -0.208. The summed E-state index contributed by atoms with van der Waals surface area (Å²) >= 11 is 12.2. The third-order valence-corrected chi connectivity index (χ3v) is 5.10. The second-order valence-corrected chi connectivity index (χ2v) is 6.90. The van der Waals surface area contributed by atoms with Gasteiger partial charge in [-0.3, -0.25) is 9.59 Å². The van der Waals surface area contributed by atoms with Gasteiger partial charge in [-0.25, -0.2) is 0 Å². The molecule has 1 aliphatic heterocycles. The van der Waals surface area contributed by atoms with Crippen molar-refractivity contribution in [1.29, 1.82) is 0 Å². The summed E-state index contributed by atoms with van der Waals surface area (Å²) in [6.45, 7) is 2.25. The monoisotopic (exact) mass is 391 g/mol. The van der Waals surface area contributed by atoms with Crippen molar-refractivity contribution >= 4 is 35.0 Å². The number of piperazine rings is 1. The Morgan fingerprint density at radius 3 is 1.85 bits per heavy atom. The van der Waals surface area contributed by atoms with Crippen LogP contribution in [0.15, 0.2) is 42.5 Å². The van der Waals surface area contributed by atoms with E-state index in [-0.39, 0.29) is 11.8 Å². The normalized spacial score (nSPS) is 14.4. The molecule has 2 amide bonds. The van der Waals surface area contributed by atoms with Crippen LogP contribution in [-0.2, 0) is 6.54 Å². The molecular formula is C19H19Cl2N3O2. The number of rotatable bonds is 3. The zero-order valence-corrected chi connectivity index (χ0v) is 15.6. The van der Waals surface area contributed by atoms with Crippen molar-refractivity contribution in [2.75, 3.05) is 26.2 Å². The maximum atomic E-state index is 12.7. The molecule has 3 rings (SSSR count). The molecule has 7 heteroatoms. The van der Waals surface area contributed by atoms with E-state index in [4.69, 9.17) is 28.9 Å². The summed E-state index contributed by atoms with van der Waals surface area (Å²) in [6.07, 6.45) is 0.